The van der Waals surface area contributed by atoms with E-state index in [1.165, 1.54) is 66.8 Å². The minimum atomic E-state index is -0.0383. The van der Waals surface area contributed by atoms with Crippen LogP contribution in [0.1, 0.15) is 74.9 Å². The van der Waals surface area contributed by atoms with Gasteiger partial charge in [-0.25, -0.2) is 0 Å². The molecule has 0 unspecified atom stereocenters. The van der Waals surface area contributed by atoms with Crippen LogP contribution in [-0.4, -0.2) is 0 Å². The van der Waals surface area contributed by atoms with E-state index >= 15 is 0 Å². The van der Waals surface area contributed by atoms with E-state index in [1.807, 2.05) is 0 Å². The molecule has 0 amide bonds. The highest BCUT2D eigenvalue weighted by molar-refractivity contribution is 6.04. The number of fused-ring (bicyclic) bond motifs is 12. The van der Waals surface area contributed by atoms with E-state index in [2.05, 4.69) is 114 Å². The van der Waals surface area contributed by atoms with Crippen molar-refractivity contribution < 1.29 is 0 Å². The van der Waals surface area contributed by atoms with Gasteiger partial charge in [0, 0.05) is 16.2 Å². The lowest BCUT2D eigenvalue weighted by molar-refractivity contribution is 0.636. The van der Waals surface area contributed by atoms with Gasteiger partial charge in [-0.15, -0.1) is 0 Å². The van der Waals surface area contributed by atoms with E-state index in [1.54, 1.807) is 0 Å². The first-order chi connectivity index (χ1) is 15.7. The van der Waals surface area contributed by atoms with Crippen LogP contribution in [0.15, 0.2) is 72.8 Å². The van der Waals surface area contributed by atoms with Crippen molar-refractivity contribution in [2.24, 2.45) is 0 Å². The fourth-order valence-electron chi connectivity index (χ4n) is 7.58. The Bertz CT molecular complexity index is 1320. The Labute approximate surface area is 197 Å². The van der Waals surface area contributed by atoms with Crippen molar-refractivity contribution in [3.8, 4) is 33.4 Å². The molecule has 0 heterocycles. The molecule has 0 spiro atoms. The van der Waals surface area contributed by atoms with Crippen molar-refractivity contribution in [2.45, 2.75) is 57.8 Å². The Morgan fingerprint density at radius 2 is 0.606 bits per heavy atom. The van der Waals surface area contributed by atoms with Gasteiger partial charge in [0.15, 0.2) is 0 Å². The van der Waals surface area contributed by atoms with Crippen LogP contribution in [0.25, 0.3) is 33.4 Å². The average molecular weight is 427 g/mol. The summed E-state index contributed by atoms with van der Waals surface area (Å²) in [6, 6.07) is 27.4. The van der Waals surface area contributed by atoms with Crippen LogP contribution >= 0.6 is 0 Å². The Hall–Kier alpha value is -3.12. The molecule has 0 heteroatoms. The van der Waals surface area contributed by atoms with E-state index in [0.717, 1.165) is 0 Å². The van der Waals surface area contributed by atoms with E-state index in [-0.39, 0.29) is 16.2 Å². The summed E-state index contributed by atoms with van der Waals surface area (Å²) < 4.78 is 0. The Balaban J connectivity index is 1.79. The van der Waals surface area contributed by atoms with Crippen LogP contribution in [0.4, 0.5) is 0 Å². The maximum atomic E-state index is 2.44. The summed E-state index contributed by atoms with van der Waals surface area (Å²) >= 11 is 0. The first-order valence-corrected chi connectivity index (χ1v) is 12.2. The molecule has 0 atom stereocenters. The first-order valence-electron chi connectivity index (χ1n) is 12.2. The standard InChI is InChI=1S/C33H30/c1-31(2)22-16-10-7-13-19(22)25-28(31)26-20-14-8-11-17-23(20)32(3,4)30(26)27-21-15-9-12-18-24(21)33(5,6)29(25)27/h7-18H,1-6H3. The molecule has 4 aromatic rings. The molecule has 0 saturated carbocycles. The Kier molecular flexibility index (Phi) is 3.33. The van der Waals surface area contributed by atoms with Crippen molar-refractivity contribution in [2.75, 3.05) is 0 Å². The molecular formula is C33H30. The van der Waals surface area contributed by atoms with Crippen LogP contribution in [0.5, 0.6) is 0 Å². The highest BCUT2D eigenvalue weighted by Crippen LogP contribution is 2.67. The molecular weight excluding hydrogens is 396 g/mol. The van der Waals surface area contributed by atoms with E-state index in [0.29, 0.717) is 0 Å². The van der Waals surface area contributed by atoms with Gasteiger partial charge in [0.05, 0.1) is 0 Å². The van der Waals surface area contributed by atoms with Gasteiger partial charge in [-0.2, -0.15) is 0 Å². The molecule has 0 aromatic heterocycles. The van der Waals surface area contributed by atoms with E-state index in [9.17, 15) is 0 Å². The Morgan fingerprint density at radius 1 is 0.364 bits per heavy atom. The Morgan fingerprint density at radius 3 is 0.879 bits per heavy atom. The van der Waals surface area contributed by atoms with Crippen LogP contribution in [0.3, 0.4) is 0 Å². The predicted octanol–water partition coefficient (Wildman–Crippen LogP) is 8.61. The first kappa shape index (κ1) is 19.4. The van der Waals surface area contributed by atoms with Gasteiger partial charge in [-0.1, -0.05) is 114 Å². The minimum absolute atomic E-state index is 0.0383. The van der Waals surface area contributed by atoms with Crippen LogP contribution < -0.4 is 0 Å². The number of rotatable bonds is 0. The second-order valence-electron chi connectivity index (χ2n) is 11.8. The minimum Gasteiger partial charge on any atom is -0.0619 e. The van der Waals surface area contributed by atoms with Crippen molar-refractivity contribution in [3.63, 3.8) is 0 Å². The third-order valence-electron chi connectivity index (χ3n) is 8.98. The normalized spacial score (nSPS) is 18.7. The topological polar surface area (TPSA) is 0 Å². The molecule has 0 saturated heterocycles. The number of hydrogen-bond acceptors (Lipinski definition) is 0. The molecule has 162 valence electrons. The van der Waals surface area contributed by atoms with E-state index in [4.69, 9.17) is 0 Å². The molecule has 0 nitrogen and oxygen atoms in total. The molecule has 0 aliphatic heterocycles. The summed E-state index contributed by atoms with van der Waals surface area (Å²) in [6.07, 6.45) is 0. The van der Waals surface area contributed by atoms with Crippen molar-refractivity contribution in [1.82, 2.24) is 0 Å². The zero-order valence-corrected chi connectivity index (χ0v) is 20.4. The van der Waals surface area contributed by atoms with Crippen LogP contribution in [0, 0.1) is 0 Å². The predicted molar refractivity (Wildman–Crippen MR) is 139 cm³/mol. The van der Waals surface area contributed by atoms with Gasteiger partial charge in [0.25, 0.3) is 0 Å². The van der Waals surface area contributed by atoms with Crippen LogP contribution in [-0.2, 0) is 16.2 Å². The lowest BCUT2D eigenvalue weighted by Gasteiger charge is -2.31. The quantitative estimate of drug-likeness (QED) is 0.264. The molecule has 33 heavy (non-hydrogen) atoms. The average Bonchev–Trinajstić information content (AvgIpc) is 3.29. The van der Waals surface area contributed by atoms with Gasteiger partial charge in [0.2, 0.25) is 0 Å². The molecule has 0 N–H and O–H groups in total. The maximum absolute atomic E-state index is 2.44. The molecule has 0 bridgehead atoms. The largest absolute Gasteiger partial charge is 0.0619 e. The van der Waals surface area contributed by atoms with Crippen molar-refractivity contribution in [1.29, 1.82) is 0 Å². The SMILES string of the molecule is CC1(C)c2ccccc2-c2c1c1c(c3c2C(C)(C)c2ccccc2-3)C(C)(C)c2ccccc2-1. The second kappa shape index (κ2) is 5.68. The highest BCUT2D eigenvalue weighted by atomic mass is 14.5. The summed E-state index contributed by atoms with van der Waals surface area (Å²) in [5.41, 5.74) is 17.7. The maximum Gasteiger partial charge on any atom is 0.0165 e. The van der Waals surface area contributed by atoms with Crippen molar-refractivity contribution in [3.05, 3.63) is 106 Å². The zero-order chi connectivity index (χ0) is 22.9. The van der Waals surface area contributed by atoms with Gasteiger partial charge in [0.1, 0.15) is 0 Å². The van der Waals surface area contributed by atoms with Gasteiger partial charge >= 0.3 is 0 Å². The fourth-order valence-corrected chi connectivity index (χ4v) is 7.58. The molecule has 7 rings (SSSR count). The summed E-state index contributed by atoms with van der Waals surface area (Å²) in [7, 11) is 0. The smallest absolute Gasteiger partial charge is 0.0165 e. The van der Waals surface area contributed by atoms with Crippen molar-refractivity contribution >= 4 is 0 Å². The lowest BCUT2D eigenvalue weighted by Crippen LogP contribution is -2.22. The monoisotopic (exact) mass is 426 g/mol. The van der Waals surface area contributed by atoms with Crippen LogP contribution in [0.2, 0.25) is 0 Å². The summed E-state index contributed by atoms with van der Waals surface area (Å²) in [5, 5.41) is 0. The van der Waals surface area contributed by atoms with E-state index < -0.39 is 0 Å². The molecule has 3 aliphatic rings. The molecule has 0 fully saturated rings. The second-order valence-corrected chi connectivity index (χ2v) is 11.8. The summed E-state index contributed by atoms with van der Waals surface area (Å²) in [4.78, 5) is 0. The number of benzene rings is 4. The zero-order valence-electron chi connectivity index (χ0n) is 20.4. The van der Waals surface area contributed by atoms with Gasteiger partial charge in [-0.05, 0) is 66.8 Å². The fraction of sp³-hybridized carbons (Fsp3) is 0.273. The number of hydrogen-bond donors (Lipinski definition) is 0. The lowest BCUT2D eigenvalue weighted by atomic mass is 9.71. The molecule has 3 aliphatic carbocycles. The van der Waals surface area contributed by atoms with Gasteiger partial charge < -0.3 is 0 Å². The summed E-state index contributed by atoms with van der Waals surface area (Å²) in [6.45, 7) is 14.6. The third-order valence-corrected chi connectivity index (χ3v) is 8.98. The molecule has 4 aromatic carbocycles. The van der Waals surface area contributed by atoms with Gasteiger partial charge in [-0.3, -0.25) is 0 Å². The molecule has 0 radical (unpaired) electrons. The highest BCUT2D eigenvalue weighted by Gasteiger charge is 2.52. The summed E-state index contributed by atoms with van der Waals surface area (Å²) in [5.74, 6) is 0. The third kappa shape index (κ3) is 2.01.